The maximum atomic E-state index is 9.72. The number of nitrogens with one attached hydrogen (secondary N) is 2. The zero-order chi connectivity index (χ0) is 14.8. The Labute approximate surface area is 125 Å². The van der Waals surface area contributed by atoms with E-state index in [1.165, 1.54) is 71.4 Å². The normalized spacial score (nSPS) is 21.7. The second kappa shape index (κ2) is 10.5. The molecule has 2 rings (SSSR count). The van der Waals surface area contributed by atoms with Crippen molar-refractivity contribution in [1.82, 2.24) is 9.80 Å². The van der Waals surface area contributed by atoms with Gasteiger partial charge in [-0.05, 0) is 51.9 Å². The maximum Gasteiger partial charge on any atom is 0.0506 e. The number of nitrogens with zero attached hydrogens (tertiary/aromatic N) is 2. The van der Waals surface area contributed by atoms with Crippen molar-refractivity contribution in [3.05, 3.63) is 0 Å². The molecule has 0 aromatic heterocycles. The molecule has 2 aliphatic rings. The molecule has 2 aliphatic heterocycles. The van der Waals surface area contributed by atoms with Gasteiger partial charge in [0, 0.05) is 0 Å². The van der Waals surface area contributed by atoms with E-state index < -0.39 is 21.2 Å². The Kier molecular flexibility index (Phi) is 9.41. The van der Waals surface area contributed by atoms with E-state index >= 15 is 0 Å². The monoisotopic (exact) mass is 322 g/mol. The molecule has 0 spiro atoms. The molecule has 0 unspecified atom stereocenters. The predicted octanol–water partition coefficient (Wildman–Crippen LogP) is 2.31. The second-order valence-electron chi connectivity index (χ2n) is 5.31. The van der Waals surface area contributed by atoms with Crippen LogP contribution in [0.3, 0.4) is 0 Å². The molecule has 2 N–H and O–H groups in total. The molecule has 0 saturated carbocycles. The van der Waals surface area contributed by atoms with Crippen molar-refractivity contribution in [2.75, 3.05) is 37.9 Å². The third-order valence-electron chi connectivity index (χ3n) is 3.51. The van der Waals surface area contributed by atoms with E-state index in [-0.39, 0.29) is 5.08 Å². The molecular weight excluding hydrogens is 296 g/mol. The van der Waals surface area contributed by atoms with Crippen molar-refractivity contribution in [2.45, 2.75) is 38.5 Å². The van der Waals surface area contributed by atoms with Crippen molar-refractivity contribution in [3.63, 3.8) is 0 Å². The smallest absolute Gasteiger partial charge is 0.0506 e. The Morgan fingerprint density at radius 3 is 1.30 bits per heavy atom. The van der Waals surface area contributed by atoms with Crippen LogP contribution in [0.15, 0.2) is 0 Å². The van der Waals surface area contributed by atoms with Gasteiger partial charge >= 0.3 is 0 Å². The van der Waals surface area contributed by atoms with Gasteiger partial charge in [-0.25, -0.2) is 21.2 Å². The molecule has 0 radical (unpaired) electrons. The molecule has 2 heterocycles. The molecule has 0 aromatic carbocycles. The molecule has 120 valence electrons. The molecule has 0 aliphatic carbocycles. The first-order chi connectivity index (χ1) is 9.58. The zero-order valence-electron chi connectivity index (χ0n) is 12.0. The van der Waals surface area contributed by atoms with Gasteiger partial charge in [0.2, 0.25) is 0 Å². The molecule has 2 fully saturated rings. The number of rotatable bonds is 4. The lowest BCUT2D eigenvalue weighted by Crippen LogP contribution is -2.42. The highest BCUT2D eigenvalue weighted by atomic mass is 32.2. The fourth-order valence-electron chi connectivity index (χ4n) is 2.58. The summed E-state index contributed by atoms with van der Waals surface area (Å²) in [7, 11) is -3.67. The highest BCUT2D eigenvalue weighted by molar-refractivity contribution is 7.91. The third kappa shape index (κ3) is 8.89. The van der Waals surface area contributed by atoms with E-state index in [4.69, 9.17) is 9.56 Å². The Morgan fingerprint density at radius 1 is 0.700 bits per heavy atom. The van der Waals surface area contributed by atoms with Crippen LogP contribution in [0.5, 0.6) is 0 Å². The van der Waals surface area contributed by atoms with Crippen LogP contribution in [0, 0.1) is 9.56 Å². The lowest BCUT2D eigenvalue weighted by atomic mass is 10.1. The van der Waals surface area contributed by atoms with Crippen molar-refractivity contribution < 1.29 is 8.42 Å². The first-order valence-corrected chi connectivity index (χ1v) is 9.85. The first-order valence-electron chi connectivity index (χ1n) is 7.22. The minimum Gasteiger partial charge on any atom is -0.446 e. The van der Waals surface area contributed by atoms with Gasteiger partial charge in [-0.1, -0.05) is 12.8 Å². The molecule has 0 bridgehead atoms. The average molecular weight is 322 g/mol. The fraction of sp³-hybridized carbons (Fsp3) is 1.00. The minimum absolute atomic E-state index is 0.361. The second-order valence-corrected chi connectivity index (χ2v) is 7.63. The van der Waals surface area contributed by atoms with E-state index in [0.717, 1.165) is 0 Å². The van der Waals surface area contributed by atoms with Crippen LogP contribution in [-0.2, 0) is 29.6 Å². The SMILES string of the molecule is C1CCN(CN2CCCCC2)CC1.N=[S-](=O)C[S-](=N)=O. The number of piperidine rings is 2. The highest BCUT2D eigenvalue weighted by Gasteiger charge is 2.15. The summed E-state index contributed by atoms with van der Waals surface area (Å²) >= 11 is 0. The average Bonchev–Trinajstić information content (AvgIpc) is 2.40. The summed E-state index contributed by atoms with van der Waals surface area (Å²) in [5, 5.41) is -0.361. The largest absolute Gasteiger partial charge is 0.446 e. The van der Waals surface area contributed by atoms with Gasteiger partial charge in [-0.2, -0.15) is 0 Å². The number of hydrogen-bond donors (Lipinski definition) is 2. The van der Waals surface area contributed by atoms with Gasteiger partial charge in [0.15, 0.2) is 0 Å². The fourth-order valence-corrected chi connectivity index (χ4v) is 3.36. The van der Waals surface area contributed by atoms with Crippen molar-refractivity contribution in [1.29, 1.82) is 9.56 Å². The van der Waals surface area contributed by atoms with Gasteiger partial charge in [0.1, 0.15) is 0 Å². The van der Waals surface area contributed by atoms with Crippen LogP contribution in [0.2, 0.25) is 0 Å². The van der Waals surface area contributed by atoms with Crippen LogP contribution in [0.25, 0.3) is 0 Å². The van der Waals surface area contributed by atoms with E-state index in [1.54, 1.807) is 0 Å². The van der Waals surface area contributed by atoms with Gasteiger partial charge in [-0.15, -0.1) is 5.08 Å². The molecule has 20 heavy (non-hydrogen) atoms. The molecule has 0 amide bonds. The third-order valence-corrected chi connectivity index (χ3v) is 5.22. The summed E-state index contributed by atoms with van der Waals surface area (Å²) < 4.78 is 32.0. The van der Waals surface area contributed by atoms with Crippen molar-refractivity contribution in [2.24, 2.45) is 0 Å². The summed E-state index contributed by atoms with van der Waals surface area (Å²) in [5.74, 6) is 0. The predicted molar refractivity (Wildman–Crippen MR) is 82.1 cm³/mol. The number of hydrogen-bond acceptors (Lipinski definition) is 8. The lowest BCUT2D eigenvalue weighted by Gasteiger charge is -2.34. The van der Waals surface area contributed by atoms with Gasteiger partial charge in [0.05, 0.1) is 6.67 Å². The Balaban J connectivity index is 0.000000246. The minimum atomic E-state index is -1.83. The van der Waals surface area contributed by atoms with Crippen LogP contribution in [0.1, 0.15) is 38.5 Å². The van der Waals surface area contributed by atoms with Gasteiger partial charge in [0.25, 0.3) is 0 Å². The molecule has 8 heteroatoms. The van der Waals surface area contributed by atoms with E-state index in [2.05, 4.69) is 9.80 Å². The van der Waals surface area contributed by atoms with Crippen LogP contribution < -0.4 is 0 Å². The standard InChI is InChI=1S/C11H22N2.CH4N2O2S2/c1-3-7-12(8-4-1)11-13-9-5-2-6-10-13;2-6(4)1-7(3)5/h1-11H2;2-3H,1H2/q;-2. The van der Waals surface area contributed by atoms with Crippen LogP contribution in [0.4, 0.5) is 0 Å². The van der Waals surface area contributed by atoms with Crippen molar-refractivity contribution in [3.8, 4) is 0 Å². The van der Waals surface area contributed by atoms with Gasteiger partial charge in [-0.3, -0.25) is 9.80 Å². The van der Waals surface area contributed by atoms with E-state index in [0.29, 0.717) is 0 Å². The van der Waals surface area contributed by atoms with E-state index in [1.807, 2.05) is 0 Å². The Hall–Kier alpha value is -0.180. The maximum absolute atomic E-state index is 9.72. The van der Waals surface area contributed by atoms with Crippen molar-refractivity contribution >= 4 is 21.2 Å². The Bertz CT molecular complexity index is 346. The van der Waals surface area contributed by atoms with Gasteiger partial charge < -0.3 is 18.0 Å². The molecule has 2 saturated heterocycles. The lowest BCUT2D eigenvalue weighted by molar-refractivity contribution is 0.0979. The molecule has 0 aromatic rings. The summed E-state index contributed by atoms with van der Waals surface area (Å²) in [6, 6.07) is 0. The quantitative estimate of drug-likeness (QED) is 0.777. The molecule has 0 atom stereocenters. The van der Waals surface area contributed by atoms with Crippen LogP contribution >= 0.6 is 0 Å². The number of likely N-dealkylation sites (tertiary alicyclic amines) is 2. The summed E-state index contributed by atoms with van der Waals surface area (Å²) in [5.41, 5.74) is 0. The summed E-state index contributed by atoms with van der Waals surface area (Å²) in [6.45, 7) is 6.62. The summed E-state index contributed by atoms with van der Waals surface area (Å²) in [4.78, 5) is 5.27. The molecule has 6 nitrogen and oxygen atoms in total. The topological polar surface area (TPSA) is 88.3 Å². The summed E-state index contributed by atoms with van der Waals surface area (Å²) in [6.07, 6.45) is 8.61. The highest BCUT2D eigenvalue weighted by Crippen LogP contribution is 2.12. The van der Waals surface area contributed by atoms with Crippen LogP contribution in [-0.4, -0.2) is 47.7 Å². The van der Waals surface area contributed by atoms with E-state index in [9.17, 15) is 8.42 Å². The zero-order valence-corrected chi connectivity index (χ0v) is 13.6. The Morgan fingerprint density at radius 2 is 1.05 bits per heavy atom. The molecular formula is C12H26N4O2S2-2. The first kappa shape index (κ1) is 17.9.